The third-order valence-corrected chi connectivity index (χ3v) is 3.71. The summed E-state index contributed by atoms with van der Waals surface area (Å²) in [4.78, 5) is 6.67. The first-order valence-corrected chi connectivity index (χ1v) is 6.87. The van der Waals surface area contributed by atoms with E-state index in [1.165, 1.54) is 12.8 Å². The molecule has 1 fully saturated rings. The number of para-hydroxylation sites is 1. The molecule has 1 saturated heterocycles. The highest BCUT2D eigenvalue weighted by Crippen LogP contribution is 2.19. The van der Waals surface area contributed by atoms with Crippen LogP contribution in [0.4, 0.5) is 0 Å². The number of hydrogen-bond donors (Lipinski definition) is 1. The molecule has 0 aromatic heterocycles. The van der Waals surface area contributed by atoms with Crippen LogP contribution in [0.5, 0.6) is 5.75 Å². The van der Waals surface area contributed by atoms with Crippen molar-refractivity contribution in [1.82, 2.24) is 4.90 Å². The number of nitrogens with zero attached hydrogens (tertiary/aromatic N) is 2. The number of methoxy groups -OCH3 is 1. The van der Waals surface area contributed by atoms with Gasteiger partial charge in [-0.3, -0.25) is 0 Å². The largest absolute Gasteiger partial charge is 0.496 e. The molecular formula is C15H23N3O. The Labute approximate surface area is 115 Å². The zero-order chi connectivity index (χ0) is 13.7. The van der Waals surface area contributed by atoms with Gasteiger partial charge in [-0.25, -0.2) is 4.99 Å². The predicted molar refractivity (Wildman–Crippen MR) is 78.3 cm³/mol. The molecule has 19 heavy (non-hydrogen) atoms. The maximum absolute atomic E-state index is 6.07. The molecule has 0 unspecified atom stereocenters. The van der Waals surface area contributed by atoms with Crippen LogP contribution >= 0.6 is 0 Å². The van der Waals surface area contributed by atoms with Gasteiger partial charge in [-0.2, -0.15) is 0 Å². The van der Waals surface area contributed by atoms with Crippen LogP contribution in [0.15, 0.2) is 29.3 Å². The Morgan fingerprint density at radius 3 is 2.74 bits per heavy atom. The SMILES string of the molecule is COc1ccccc1CN=C(N)N1CCC(C)CC1. The van der Waals surface area contributed by atoms with Gasteiger partial charge in [0.2, 0.25) is 0 Å². The first-order valence-electron chi connectivity index (χ1n) is 6.87. The van der Waals surface area contributed by atoms with Crippen LogP contribution in [0, 0.1) is 5.92 Å². The van der Waals surface area contributed by atoms with Crippen LogP contribution in [0.25, 0.3) is 0 Å². The van der Waals surface area contributed by atoms with Crippen molar-refractivity contribution < 1.29 is 4.74 Å². The molecule has 0 saturated carbocycles. The Kier molecular flexibility index (Phi) is 4.66. The summed E-state index contributed by atoms with van der Waals surface area (Å²) in [5.74, 6) is 2.32. The lowest BCUT2D eigenvalue weighted by atomic mass is 10.00. The second-order valence-corrected chi connectivity index (χ2v) is 5.16. The van der Waals surface area contributed by atoms with E-state index in [1.54, 1.807) is 7.11 Å². The summed E-state index contributed by atoms with van der Waals surface area (Å²) in [6.07, 6.45) is 2.40. The highest BCUT2D eigenvalue weighted by atomic mass is 16.5. The van der Waals surface area contributed by atoms with E-state index >= 15 is 0 Å². The van der Waals surface area contributed by atoms with Crippen molar-refractivity contribution in [3.8, 4) is 5.75 Å². The molecule has 1 heterocycles. The Hall–Kier alpha value is -1.71. The highest BCUT2D eigenvalue weighted by molar-refractivity contribution is 5.78. The van der Waals surface area contributed by atoms with Gasteiger partial charge in [0.25, 0.3) is 0 Å². The number of piperidine rings is 1. The fourth-order valence-electron chi connectivity index (χ4n) is 2.34. The quantitative estimate of drug-likeness (QED) is 0.670. The number of rotatable bonds is 3. The molecule has 104 valence electrons. The minimum Gasteiger partial charge on any atom is -0.496 e. The third kappa shape index (κ3) is 3.63. The van der Waals surface area contributed by atoms with E-state index in [1.807, 2.05) is 24.3 Å². The molecule has 1 aliphatic rings. The van der Waals surface area contributed by atoms with Gasteiger partial charge in [-0.1, -0.05) is 25.1 Å². The van der Waals surface area contributed by atoms with Crippen molar-refractivity contribution in [3.05, 3.63) is 29.8 Å². The molecule has 0 spiro atoms. The van der Waals surface area contributed by atoms with Gasteiger partial charge < -0.3 is 15.4 Å². The third-order valence-electron chi connectivity index (χ3n) is 3.71. The molecule has 0 aliphatic carbocycles. The molecule has 2 N–H and O–H groups in total. The summed E-state index contributed by atoms with van der Waals surface area (Å²) in [6.45, 7) is 4.90. The van der Waals surface area contributed by atoms with E-state index in [0.29, 0.717) is 12.5 Å². The zero-order valence-corrected chi connectivity index (χ0v) is 11.8. The molecule has 1 aromatic carbocycles. The highest BCUT2D eigenvalue weighted by Gasteiger charge is 2.16. The average Bonchev–Trinajstić information content (AvgIpc) is 2.45. The number of aliphatic imine (C=N–C) groups is 1. The van der Waals surface area contributed by atoms with Gasteiger partial charge >= 0.3 is 0 Å². The molecule has 1 aromatic rings. The van der Waals surface area contributed by atoms with Crippen molar-refractivity contribution in [3.63, 3.8) is 0 Å². The van der Waals surface area contributed by atoms with Crippen LogP contribution in [0.2, 0.25) is 0 Å². The van der Waals surface area contributed by atoms with Crippen LogP contribution in [-0.2, 0) is 6.54 Å². The molecule has 4 heteroatoms. The van der Waals surface area contributed by atoms with Crippen LogP contribution in [-0.4, -0.2) is 31.1 Å². The van der Waals surface area contributed by atoms with Gasteiger partial charge in [0.15, 0.2) is 5.96 Å². The Morgan fingerprint density at radius 1 is 1.37 bits per heavy atom. The second-order valence-electron chi connectivity index (χ2n) is 5.16. The van der Waals surface area contributed by atoms with Gasteiger partial charge in [0.05, 0.1) is 13.7 Å². The van der Waals surface area contributed by atoms with Crippen molar-refractivity contribution in [2.45, 2.75) is 26.3 Å². The predicted octanol–water partition coefficient (Wildman–Crippen LogP) is 2.24. The first-order chi connectivity index (χ1) is 9.20. The standard InChI is InChI=1S/C15H23N3O/c1-12-7-9-18(10-8-12)15(16)17-11-13-5-3-4-6-14(13)19-2/h3-6,12H,7-11H2,1-2H3,(H2,16,17). The molecule has 0 amide bonds. The molecule has 2 rings (SSSR count). The summed E-state index contributed by atoms with van der Waals surface area (Å²) >= 11 is 0. The van der Waals surface area contributed by atoms with Gasteiger partial charge in [0, 0.05) is 18.7 Å². The van der Waals surface area contributed by atoms with Gasteiger partial charge in [0.1, 0.15) is 5.75 Å². The van der Waals surface area contributed by atoms with Crippen molar-refractivity contribution >= 4 is 5.96 Å². The van der Waals surface area contributed by atoms with E-state index in [4.69, 9.17) is 10.5 Å². The van der Waals surface area contributed by atoms with Crippen molar-refractivity contribution in [2.75, 3.05) is 20.2 Å². The summed E-state index contributed by atoms with van der Waals surface area (Å²) < 4.78 is 5.31. The van der Waals surface area contributed by atoms with Crippen molar-refractivity contribution in [1.29, 1.82) is 0 Å². The monoisotopic (exact) mass is 261 g/mol. The number of likely N-dealkylation sites (tertiary alicyclic amines) is 1. The van der Waals surface area contributed by atoms with Crippen LogP contribution in [0.3, 0.4) is 0 Å². The van der Waals surface area contributed by atoms with Crippen LogP contribution < -0.4 is 10.5 Å². The lowest BCUT2D eigenvalue weighted by Gasteiger charge is -2.31. The molecular weight excluding hydrogens is 238 g/mol. The summed E-state index contributed by atoms with van der Waals surface area (Å²) in [5, 5.41) is 0. The second kappa shape index (κ2) is 6.45. The van der Waals surface area contributed by atoms with E-state index in [-0.39, 0.29) is 0 Å². The van der Waals surface area contributed by atoms with E-state index < -0.39 is 0 Å². The number of ether oxygens (including phenoxy) is 1. The maximum atomic E-state index is 6.07. The minimum atomic E-state index is 0.571. The summed E-state index contributed by atoms with van der Waals surface area (Å²) in [7, 11) is 1.68. The van der Waals surface area contributed by atoms with Gasteiger partial charge in [-0.15, -0.1) is 0 Å². The molecule has 0 radical (unpaired) electrons. The fourth-order valence-corrected chi connectivity index (χ4v) is 2.34. The smallest absolute Gasteiger partial charge is 0.191 e. The number of guanidine groups is 1. The Balaban J connectivity index is 1.97. The minimum absolute atomic E-state index is 0.571. The van der Waals surface area contributed by atoms with E-state index in [9.17, 15) is 0 Å². The van der Waals surface area contributed by atoms with E-state index in [0.717, 1.165) is 30.3 Å². The fraction of sp³-hybridized carbons (Fsp3) is 0.533. The first kappa shape index (κ1) is 13.7. The zero-order valence-electron chi connectivity index (χ0n) is 11.8. The van der Waals surface area contributed by atoms with E-state index in [2.05, 4.69) is 16.8 Å². The normalized spacial score (nSPS) is 17.6. The number of benzene rings is 1. The lowest BCUT2D eigenvalue weighted by molar-refractivity contribution is 0.277. The molecule has 0 bridgehead atoms. The number of nitrogens with two attached hydrogens (primary N) is 1. The van der Waals surface area contributed by atoms with Crippen LogP contribution in [0.1, 0.15) is 25.3 Å². The van der Waals surface area contributed by atoms with Crippen molar-refractivity contribution in [2.24, 2.45) is 16.6 Å². The summed E-state index contributed by atoms with van der Waals surface area (Å²) in [5.41, 5.74) is 7.14. The molecule has 4 nitrogen and oxygen atoms in total. The maximum Gasteiger partial charge on any atom is 0.191 e. The molecule has 0 atom stereocenters. The Morgan fingerprint density at radius 2 is 2.05 bits per heavy atom. The number of hydrogen-bond acceptors (Lipinski definition) is 2. The lowest BCUT2D eigenvalue weighted by Crippen LogP contribution is -2.42. The average molecular weight is 261 g/mol. The molecule has 1 aliphatic heterocycles. The van der Waals surface area contributed by atoms with Gasteiger partial charge in [-0.05, 0) is 24.8 Å². The Bertz CT molecular complexity index is 437. The summed E-state index contributed by atoms with van der Waals surface area (Å²) in [6, 6.07) is 7.92. The topological polar surface area (TPSA) is 50.9 Å².